The number of hydrogen-bond donors (Lipinski definition) is 1. The fourth-order valence-corrected chi connectivity index (χ4v) is 1.52. The molecule has 0 aliphatic heterocycles. The molecule has 1 aromatic heterocycles. The number of pyridine rings is 1. The van der Waals surface area contributed by atoms with Gasteiger partial charge in [-0.25, -0.2) is 4.98 Å². The van der Waals surface area contributed by atoms with Crippen molar-refractivity contribution in [1.82, 2.24) is 4.98 Å². The summed E-state index contributed by atoms with van der Waals surface area (Å²) in [5, 5.41) is 22.5. The van der Waals surface area contributed by atoms with E-state index in [1.807, 2.05) is 0 Å². The normalized spacial score (nSPS) is 10.0. The molecule has 0 unspecified atom stereocenters. The molecule has 0 atom stereocenters. The summed E-state index contributed by atoms with van der Waals surface area (Å²) < 4.78 is 5.41. The summed E-state index contributed by atoms with van der Waals surface area (Å²) in [6.07, 6.45) is 2.98. The molecule has 0 bridgehead atoms. The minimum absolute atomic E-state index is 0.181. The lowest BCUT2D eigenvalue weighted by atomic mass is 10.3. The van der Waals surface area contributed by atoms with Gasteiger partial charge in [0.25, 0.3) is 0 Å². The van der Waals surface area contributed by atoms with Gasteiger partial charge < -0.3 is 10.1 Å². The molecule has 1 heterocycles. The standard InChI is InChI=1S/C13H18N4O3/c1-2-3-8-20-9-4-7-15-13-6-5-12(17(18)19)11(10-14)16-13/h5-6H,2-4,7-9H2,1H3,(H,15,16). The van der Waals surface area contributed by atoms with E-state index in [9.17, 15) is 10.1 Å². The molecule has 20 heavy (non-hydrogen) atoms. The highest BCUT2D eigenvalue weighted by Gasteiger charge is 2.15. The molecule has 0 radical (unpaired) electrons. The highest BCUT2D eigenvalue weighted by molar-refractivity contribution is 5.50. The zero-order valence-corrected chi connectivity index (χ0v) is 11.5. The van der Waals surface area contributed by atoms with Gasteiger partial charge in [0.15, 0.2) is 0 Å². The van der Waals surface area contributed by atoms with Gasteiger partial charge in [-0.15, -0.1) is 0 Å². The molecule has 0 saturated carbocycles. The molecule has 0 saturated heterocycles. The van der Waals surface area contributed by atoms with E-state index in [1.54, 1.807) is 6.07 Å². The molecule has 0 aliphatic rings. The molecule has 0 aliphatic carbocycles. The maximum absolute atomic E-state index is 10.7. The van der Waals surface area contributed by atoms with Crippen LogP contribution in [0.15, 0.2) is 12.1 Å². The average molecular weight is 278 g/mol. The summed E-state index contributed by atoms with van der Waals surface area (Å²) in [7, 11) is 0. The first-order valence-corrected chi connectivity index (χ1v) is 6.56. The van der Waals surface area contributed by atoms with Gasteiger partial charge in [0.1, 0.15) is 11.9 Å². The molecular formula is C13H18N4O3. The molecule has 108 valence electrons. The Bertz CT molecular complexity index is 485. The largest absolute Gasteiger partial charge is 0.381 e. The van der Waals surface area contributed by atoms with Gasteiger partial charge in [0.05, 0.1) is 4.92 Å². The van der Waals surface area contributed by atoms with Crippen LogP contribution in [0.5, 0.6) is 0 Å². The number of aromatic nitrogens is 1. The molecule has 7 heteroatoms. The number of nitriles is 1. The van der Waals surface area contributed by atoms with Gasteiger partial charge >= 0.3 is 5.69 Å². The van der Waals surface area contributed by atoms with Gasteiger partial charge in [-0.3, -0.25) is 10.1 Å². The van der Waals surface area contributed by atoms with Crippen LogP contribution in [-0.2, 0) is 4.74 Å². The van der Waals surface area contributed by atoms with Crippen molar-refractivity contribution < 1.29 is 9.66 Å². The van der Waals surface area contributed by atoms with Crippen molar-refractivity contribution in [2.45, 2.75) is 26.2 Å². The Morgan fingerprint density at radius 2 is 2.20 bits per heavy atom. The third-order valence-electron chi connectivity index (χ3n) is 2.59. The van der Waals surface area contributed by atoms with E-state index >= 15 is 0 Å². The SMILES string of the molecule is CCCCOCCCNc1ccc([N+](=O)[O-])c(C#N)n1. The fraction of sp³-hybridized carbons (Fsp3) is 0.538. The first-order chi connectivity index (χ1) is 9.69. The van der Waals surface area contributed by atoms with Crippen molar-refractivity contribution in [3.05, 3.63) is 27.9 Å². The van der Waals surface area contributed by atoms with Crippen LogP contribution in [-0.4, -0.2) is 29.7 Å². The first kappa shape index (κ1) is 15.9. The van der Waals surface area contributed by atoms with Gasteiger partial charge in [0.2, 0.25) is 5.69 Å². The van der Waals surface area contributed by atoms with Crippen molar-refractivity contribution in [3.8, 4) is 6.07 Å². The van der Waals surface area contributed by atoms with Gasteiger partial charge in [-0.05, 0) is 18.9 Å². The van der Waals surface area contributed by atoms with Gasteiger partial charge in [-0.2, -0.15) is 5.26 Å². The number of rotatable bonds is 9. The van der Waals surface area contributed by atoms with E-state index < -0.39 is 4.92 Å². The Balaban J connectivity index is 2.38. The Morgan fingerprint density at radius 1 is 1.45 bits per heavy atom. The molecule has 0 aromatic carbocycles. The number of nitrogens with zero attached hydrogens (tertiary/aromatic N) is 3. The molecule has 1 rings (SSSR count). The maximum atomic E-state index is 10.7. The van der Waals surface area contributed by atoms with E-state index in [0.717, 1.165) is 25.9 Å². The summed E-state index contributed by atoms with van der Waals surface area (Å²) in [5.74, 6) is 0.459. The van der Waals surface area contributed by atoms with Crippen molar-refractivity contribution >= 4 is 11.5 Å². The molecule has 0 fully saturated rings. The smallest absolute Gasteiger partial charge is 0.305 e. The van der Waals surface area contributed by atoms with E-state index in [0.29, 0.717) is 19.0 Å². The Morgan fingerprint density at radius 3 is 2.85 bits per heavy atom. The van der Waals surface area contributed by atoms with Crippen LogP contribution in [0, 0.1) is 21.4 Å². The van der Waals surface area contributed by atoms with Crippen LogP contribution in [0.1, 0.15) is 31.9 Å². The minimum atomic E-state index is -0.614. The van der Waals surface area contributed by atoms with Crippen LogP contribution in [0.2, 0.25) is 0 Å². The second-order valence-corrected chi connectivity index (χ2v) is 4.18. The van der Waals surface area contributed by atoms with E-state index in [4.69, 9.17) is 10.00 Å². The van der Waals surface area contributed by atoms with Crippen molar-refractivity contribution in [3.63, 3.8) is 0 Å². The molecule has 7 nitrogen and oxygen atoms in total. The topological polar surface area (TPSA) is 101 Å². The summed E-state index contributed by atoms with van der Waals surface area (Å²) in [5.41, 5.74) is -0.458. The number of nitrogens with one attached hydrogen (secondary N) is 1. The molecule has 0 amide bonds. The number of hydrogen-bond acceptors (Lipinski definition) is 6. The molecule has 0 spiro atoms. The lowest BCUT2D eigenvalue weighted by Crippen LogP contribution is -2.08. The predicted octanol–water partition coefficient (Wildman–Crippen LogP) is 2.48. The highest BCUT2D eigenvalue weighted by atomic mass is 16.6. The molecule has 1 aromatic rings. The highest BCUT2D eigenvalue weighted by Crippen LogP contribution is 2.17. The number of anilines is 1. The Kier molecular flexibility index (Phi) is 7.00. The zero-order chi connectivity index (χ0) is 14.8. The third kappa shape index (κ3) is 5.20. The molecular weight excluding hydrogens is 260 g/mol. The maximum Gasteiger partial charge on any atom is 0.305 e. The number of unbranched alkanes of at least 4 members (excludes halogenated alkanes) is 1. The lowest BCUT2D eigenvalue weighted by Gasteiger charge is -2.06. The summed E-state index contributed by atoms with van der Waals surface area (Å²) in [4.78, 5) is 13.9. The van der Waals surface area contributed by atoms with E-state index in [2.05, 4.69) is 17.2 Å². The van der Waals surface area contributed by atoms with Crippen LogP contribution in [0.25, 0.3) is 0 Å². The summed E-state index contributed by atoms with van der Waals surface area (Å²) in [6, 6.07) is 4.50. The second kappa shape index (κ2) is 8.82. The quantitative estimate of drug-likeness (QED) is 0.423. The van der Waals surface area contributed by atoms with Crippen LogP contribution < -0.4 is 5.32 Å². The monoisotopic (exact) mass is 278 g/mol. The lowest BCUT2D eigenvalue weighted by molar-refractivity contribution is -0.385. The Labute approximate surface area is 117 Å². The van der Waals surface area contributed by atoms with Crippen molar-refractivity contribution in [2.75, 3.05) is 25.1 Å². The van der Waals surface area contributed by atoms with Crippen molar-refractivity contribution in [1.29, 1.82) is 5.26 Å². The zero-order valence-electron chi connectivity index (χ0n) is 11.5. The fourth-order valence-electron chi connectivity index (χ4n) is 1.52. The van der Waals surface area contributed by atoms with Gasteiger partial charge in [0, 0.05) is 25.8 Å². The number of ether oxygens (including phenoxy) is 1. The summed E-state index contributed by atoms with van der Waals surface area (Å²) >= 11 is 0. The number of nitro groups is 1. The second-order valence-electron chi connectivity index (χ2n) is 4.18. The molecule has 1 N–H and O–H groups in total. The predicted molar refractivity (Wildman–Crippen MR) is 74.4 cm³/mol. The van der Waals surface area contributed by atoms with Crippen LogP contribution in [0.3, 0.4) is 0 Å². The van der Waals surface area contributed by atoms with E-state index in [1.165, 1.54) is 12.1 Å². The Hall–Kier alpha value is -2.20. The van der Waals surface area contributed by atoms with Crippen LogP contribution >= 0.6 is 0 Å². The van der Waals surface area contributed by atoms with E-state index in [-0.39, 0.29) is 11.4 Å². The van der Waals surface area contributed by atoms with Crippen LogP contribution in [0.4, 0.5) is 11.5 Å². The summed E-state index contributed by atoms with van der Waals surface area (Å²) in [6.45, 7) is 4.18. The average Bonchev–Trinajstić information content (AvgIpc) is 2.45. The van der Waals surface area contributed by atoms with Crippen molar-refractivity contribution in [2.24, 2.45) is 0 Å². The van der Waals surface area contributed by atoms with Gasteiger partial charge in [-0.1, -0.05) is 13.3 Å². The first-order valence-electron chi connectivity index (χ1n) is 6.56. The minimum Gasteiger partial charge on any atom is -0.381 e. The third-order valence-corrected chi connectivity index (χ3v) is 2.59.